The first kappa shape index (κ1) is 16.0. The zero-order valence-electron chi connectivity index (χ0n) is 13.4. The number of hydrogen-bond acceptors (Lipinski definition) is 4. The van der Waals surface area contributed by atoms with Gasteiger partial charge >= 0.3 is 0 Å². The Kier molecular flexibility index (Phi) is 4.68. The van der Waals surface area contributed by atoms with Crippen LogP contribution in [0.5, 0.6) is 0 Å². The van der Waals surface area contributed by atoms with E-state index in [1.807, 2.05) is 20.9 Å². The highest BCUT2D eigenvalue weighted by Crippen LogP contribution is 2.28. The van der Waals surface area contributed by atoms with Gasteiger partial charge < -0.3 is 10.4 Å². The van der Waals surface area contributed by atoms with Gasteiger partial charge in [-0.2, -0.15) is 5.10 Å². The van der Waals surface area contributed by atoms with Crippen LogP contribution in [0.2, 0.25) is 0 Å². The van der Waals surface area contributed by atoms with E-state index < -0.39 is 0 Å². The lowest BCUT2D eigenvalue weighted by molar-refractivity contribution is -0.118. The first-order valence-electron chi connectivity index (χ1n) is 7.48. The molecule has 6 nitrogen and oxygen atoms in total. The molecule has 1 aromatic rings. The van der Waals surface area contributed by atoms with Crippen LogP contribution in [0.3, 0.4) is 0 Å². The first-order valence-corrected chi connectivity index (χ1v) is 7.48. The Hall–Kier alpha value is -1.40. The third kappa shape index (κ3) is 3.63. The Balaban J connectivity index is 1.96. The van der Waals surface area contributed by atoms with Gasteiger partial charge in [0.05, 0.1) is 23.6 Å². The number of aliphatic hydroxyl groups is 1. The van der Waals surface area contributed by atoms with Crippen LogP contribution in [0.1, 0.15) is 31.2 Å². The van der Waals surface area contributed by atoms with Crippen LogP contribution < -0.4 is 5.32 Å². The number of anilines is 1. The maximum atomic E-state index is 12.2. The van der Waals surface area contributed by atoms with Gasteiger partial charge in [0.2, 0.25) is 5.91 Å². The summed E-state index contributed by atoms with van der Waals surface area (Å²) in [6, 6.07) is 0. The zero-order chi connectivity index (χ0) is 15.6. The van der Waals surface area contributed by atoms with Crippen molar-refractivity contribution in [2.45, 2.75) is 33.6 Å². The minimum absolute atomic E-state index is 0.0172. The number of nitrogens with zero attached hydrogens (tertiary/aromatic N) is 3. The van der Waals surface area contributed by atoms with Gasteiger partial charge in [-0.1, -0.05) is 6.92 Å². The number of carbonyl (C=O) groups excluding carboxylic acids is 1. The number of rotatable bonds is 4. The van der Waals surface area contributed by atoms with Gasteiger partial charge in [0.15, 0.2) is 0 Å². The standard InChI is InChI=1S/C15H26N4O2/c1-11-14(12(2)18(4)17-11)16-13(21)8-19-7-5-6-15(3,9-19)10-20/h20H,5-10H2,1-4H3,(H,16,21). The molecule has 2 N–H and O–H groups in total. The fourth-order valence-corrected chi connectivity index (χ4v) is 3.03. The minimum atomic E-state index is -0.0847. The molecular weight excluding hydrogens is 268 g/mol. The van der Waals surface area contributed by atoms with Crippen LogP contribution in [0.4, 0.5) is 5.69 Å². The quantitative estimate of drug-likeness (QED) is 0.871. The largest absolute Gasteiger partial charge is 0.396 e. The molecule has 1 aromatic heterocycles. The summed E-state index contributed by atoms with van der Waals surface area (Å²) in [5.74, 6) is -0.0172. The summed E-state index contributed by atoms with van der Waals surface area (Å²) < 4.78 is 1.77. The fraction of sp³-hybridized carbons (Fsp3) is 0.733. The third-order valence-electron chi connectivity index (χ3n) is 4.38. The second kappa shape index (κ2) is 6.15. The lowest BCUT2D eigenvalue weighted by Crippen LogP contribution is -2.46. The highest BCUT2D eigenvalue weighted by atomic mass is 16.3. The Morgan fingerprint density at radius 1 is 1.48 bits per heavy atom. The highest BCUT2D eigenvalue weighted by Gasteiger charge is 2.31. The number of piperidine rings is 1. The molecule has 1 unspecified atom stereocenters. The molecular formula is C15H26N4O2. The van der Waals surface area contributed by atoms with Crippen LogP contribution in [-0.2, 0) is 11.8 Å². The molecule has 0 saturated carbocycles. The van der Waals surface area contributed by atoms with E-state index in [1.165, 1.54) is 0 Å². The molecule has 0 radical (unpaired) electrons. The second-order valence-electron chi connectivity index (χ2n) is 6.50. The van der Waals surface area contributed by atoms with E-state index in [0.29, 0.717) is 6.54 Å². The van der Waals surface area contributed by atoms with Crippen molar-refractivity contribution in [1.82, 2.24) is 14.7 Å². The number of carbonyl (C=O) groups is 1. The Labute approximate surface area is 126 Å². The number of aryl methyl sites for hydroxylation is 2. The smallest absolute Gasteiger partial charge is 0.238 e. The predicted octanol–water partition coefficient (Wildman–Crippen LogP) is 1.07. The molecule has 2 heterocycles. The molecule has 1 atom stereocenters. The first-order chi connectivity index (χ1) is 9.84. The van der Waals surface area contributed by atoms with Gasteiger partial charge in [0.1, 0.15) is 0 Å². The topological polar surface area (TPSA) is 70.4 Å². The van der Waals surface area contributed by atoms with E-state index in [4.69, 9.17) is 0 Å². The number of hydrogen-bond donors (Lipinski definition) is 2. The van der Waals surface area contributed by atoms with E-state index in [9.17, 15) is 9.90 Å². The molecule has 118 valence electrons. The Morgan fingerprint density at radius 3 is 2.76 bits per heavy atom. The van der Waals surface area contributed by atoms with E-state index in [0.717, 1.165) is 43.0 Å². The summed E-state index contributed by atoms with van der Waals surface area (Å²) in [5.41, 5.74) is 2.52. The molecule has 1 aliphatic rings. The summed E-state index contributed by atoms with van der Waals surface area (Å²) in [5, 5.41) is 16.7. The van der Waals surface area contributed by atoms with Gasteiger partial charge in [-0.15, -0.1) is 0 Å². The van der Waals surface area contributed by atoms with Crippen molar-refractivity contribution in [3.63, 3.8) is 0 Å². The third-order valence-corrected chi connectivity index (χ3v) is 4.38. The number of nitrogens with one attached hydrogen (secondary N) is 1. The predicted molar refractivity (Wildman–Crippen MR) is 82.2 cm³/mol. The Morgan fingerprint density at radius 2 is 2.19 bits per heavy atom. The highest BCUT2D eigenvalue weighted by molar-refractivity contribution is 5.93. The molecule has 1 saturated heterocycles. The van der Waals surface area contributed by atoms with Gasteiger partial charge in [-0.25, -0.2) is 0 Å². The SMILES string of the molecule is Cc1nn(C)c(C)c1NC(=O)CN1CCCC(C)(CO)C1. The van der Waals surface area contributed by atoms with Crippen molar-refractivity contribution in [2.24, 2.45) is 12.5 Å². The molecule has 1 aliphatic heterocycles. The van der Waals surface area contributed by atoms with Crippen molar-refractivity contribution in [1.29, 1.82) is 0 Å². The average molecular weight is 294 g/mol. The molecule has 2 rings (SSSR count). The lowest BCUT2D eigenvalue weighted by atomic mass is 9.83. The van der Waals surface area contributed by atoms with Crippen molar-refractivity contribution in [3.8, 4) is 0 Å². The van der Waals surface area contributed by atoms with Crippen molar-refractivity contribution in [3.05, 3.63) is 11.4 Å². The maximum absolute atomic E-state index is 12.2. The monoisotopic (exact) mass is 294 g/mol. The van der Waals surface area contributed by atoms with Gasteiger partial charge in [-0.05, 0) is 33.2 Å². The molecule has 0 bridgehead atoms. The Bertz CT molecular complexity index is 526. The van der Waals surface area contributed by atoms with Crippen LogP contribution in [-0.4, -0.2) is 51.9 Å². The summed E-state index contributed by atoms with van der Waals surface area (Å²) in [6.45, 7) is 8.13. The number of aromatic nitrogens is 2. The van der Waals surface area contributed by atoms with E-state index in [2.05, 4.69) is 22.2 Å². The van der Waals surface area contributed by atoms with Gasteiger partial charge in [0, 0.05) is 25.6 Å². The van der Waals surface area contributed by atoms with E-state index in [-0.39, 0.29) is 17.9 Å². The summed E-state index contributed by atoms with van der Waals surface area (Å²) in [4.78, 5) is 14.4. The summed E-state index contributed by atoms with van der Waals surface area (Å²) in [7, 11) is 1.87. The molecule has 6 heteroatoms. The van der Waals surface area contributed by atoms with E-state index >= 15 is 0 Å². The molecule has 0 spiro atoms. The molecule has 0 aromatic carbocycles. The molecule has 1 amide bonds. The normalized spacial score (nSPS) is 23.3. The van der Waals surface area contributed by atoms with Crippen LogP contribution >= 0.6 is 0 Å². The van der Waals surface area contributed by atoms with Crippen molar-refractivity contribution < 1.29 is 9.90 Å². The fourth-order valence-electron chi connectivity index (χ4n) is 3.03. The minimum Gasteiger partial charge on any atom is -0.396 e. The summed E-state index contributed by atoms with van der Waals surface area (Å²) in [6.07, 6.45) is 2.04. The average Bonchev–Trinajstić information content (AvgIpc) is 2.65. The van der Waals surface area contributed by atoms with Crippen molar-refractivity contribution in [2.75, 3.05) is 31.6 Å². The van der Waals surface area contributed by atoms with Gasteiger partial charge in [0.25, 0.3) is 0 Å². The van der Waals surface area contributed by atoms with Crippen LogP contribution in [0.25, 0.3) is 0 Å². The number of aliphatic hydroxyl groups excluding tert-OH is 1. The molecule has 0 aliphatic carbocycles. The maximum Gasteiger partial charge on any atom is 0.238 e. The number of likely N-dealkylation sites (tertiary alicyclic amines) is 1. The van der Waals surface area contributed by atoms with Gasteiger partial charge in [-0.3, -0.25) is 14.4 Å². The van der Waals surface area contributed by atoms with Crippen molar-refractivity contribution >= 4 is 11.6 Å². The number of amides is 1. The molecule has 1 fully saturated rings. The van der Waals surface area contributed by atoms with Crippen LogP contribution in [0, 0.1) is 19.3 Å². The van der Waals surface area contributed by atoms with Crippen LogP contribution in [0.15, 0.2) is 0 Å². The van der Waals surface area contributed by atoms with E-state index in [1.54, 1.807) is 4.68 Å². The summed E-state index contributed by atoms with van der Waals surface area (Å²) >= 11 is 0. The lowest BCUT2D eigenvalue weighted by Gasteiger charge is -2.38. The zero-order valence-corrected chi connectivity index (χ0v) is 13.4. The second-order valence-corrected chi connectivity index (χ2v) is 6.50. The molecule has 21 heavy (non-hydrogen) atoms.